The number of carbonyl (C=O) groups excluding carboxylic acids is 1. The summed E-state index contributed by atoms with van der Waals surface area (Å²) < 4.78 is 42.0. The van der Waals surface area contributed by atoms with Crippen LogP contribution < -0.4 is 23.8 Å². The zero-order chi connectivity index (χ0) is 22.3. The molecule has 0 aromatic heterocycles. The van der Waals surface area contributed by atoms with Gasteiger partial charge in [0.2, 0.25) is 21.7 Å². The third-order valence-electron chi connectivity index (χ3n) is 4.53. The highest BCUT2D eigenvalue weighted by Gasteiger charge is 2.31. The molecule has 2 aromatic carbocycles. The number of benzene rings is 2. The van der Waals surface area contributed by atoms with Crippen LogP contribution in [0.25, 0.3) is 0 Å². The van der Waals surface area contributed by atoms with Crippen LogP contribution in [0.15, 0.2) is 42.5 Å². The first kappa shape index (κ1) is 23.3. The average Bonchev–Trinajstić information content (AvgIpc) is 2.74. The fourth-order valence-corrected chi connectivity index (χ4v) is 4.39. The van der Waals surface area contributed by atoms with Gasteiger partial charge in [-0.2, -0.15) is 0 Å². The van der Waals surface area contributed by atoms with E-state index in [0.717, 1.165) is 16.1 Å². The second kappa shape index (κ2) is 10.2. The Kier molecular flexibility index (Phi) is 7.93. The molecule has 1 N–H and O–H groups in total. The van der Waals surface area contributed by atoms with Crippen molar-refractivity contribution in [3.63, 3.8) is 0 Å². The number of hydrogen-bond acceptors (Lipinski definition) is 6. The second-order valence-electron chi connectivity index (χ2n) is 6.57. The Balaban J connectivity index is 2.27. The van der Waals surface area contributed by atoms with Gasteiger partial charge in [-0.05, 0) is 36.2 Å². The summed E-state index contributed by atoms with van der Waals surface area (Å²) in [6, 6.07) is 11.1. The number of nitrogens with one attached hydrogen (secondary N) is 1. The van der Waals surface area contributed by atoms with Crippen molar-refractivity contribution in [3.05, 3.63) is 48.0 Å². The third-order valence-corrected chi connectivity index (χ3v) is 5.71. The summed E-state index contributed by atoms with van der Waals surface area (Å²) in [4.78, 5) is 12.9. The van der Waals surface area contributed by atoms with Crippen LogP contribution in [0.3, 0.4) is 0 Å². The summed E-state index contributed by atoms with van der Waals surface area (Å²) in [6.45, 7) is 1.93. The molecule has 0 aliphatic rings. The quantitative estimate of drug-likeness (QED) is 0.615. The SMILES string of the molecule is CC[C@@H](C(=O)NCc1cc(OC)c(OC)c(OC)c1)N(c1ccccc1)S(C)(=O)=O. The first-order chi connectivity index (χ1) is 14.3. The van der Waals surface area contributed by atoms with Gasteiger partial charge in [0.25, 0.3) is 0 Å². The van der Waals surface area contributed by atoms with Crippen molar-refractivity contribution in [3.8, 4) is 17.2 Å². The molecule has 0 fully saturated rings. The number of rotatable bonds is 10. The number of sulfonamides is 1. The summed E-state index contributed by atoms with van der Waals surface area (Å²) in [6.07, 6.45) is 1.40. The van der Waals surface area contributed by atoms with Crippen LogP contribution in [-0.4, -0.2) is 48.0 Å². The molecule has 0 heterocycles. The normalized spacial score (nSPS) is 12.0. The molecule has 0 aliphatic heterocycles. The predicted molar refractivity (Wildman–Crippen MR) is 116 cm³/mol. The van der Waals surface area contributed by atoms with Gasteiger partial charge in [-0.15, -0.1) is 0 Å². The van der Waals surface area contributed by atoms with Gasteiger partial charge in [-0.3, -0.25) is 9.10 Å². The minimum absolute atomic E-state index is 0.165. The summed E-state index contributed by atoms with van der Waals surface area (Å²) in [5.41, 5.74) is 1.16. The molecule has 0 aliphatic carbocycles. The summed E-state index contributed by atoms with van der Waals surface area (Å²) >= 11 is 0. The van der Waals surface area contributed by atoms with Gasteiger partial charge in [0.05, 0.1) is 33.3 Å². The zero-order valence-electron chi connectivity index (χ0n) is 17.8. The lowest BCUT2D eigenvalue weighted by molar-refractivity contribution is -0.122. The Morgan fingerprint density at radius 1 is 1.03 bits per heavy atom. The van der Waals surface area contributed by atoms with Gasteiger partial charge in [0, 0.05) is 6.54 Å². The summed E-state index contributed by atoms with van der Waals surface area (Å²) in [7, 11) is 0.860. The van der Waals surface area contributed by atoms with E-state index in [0.29, 0.717) is 29.4 Å². The van der Waals surface area contributed by atoms with E-state index in [1.807, 2.05) is 0 Å². The van der Waals surface area contributed by atoms with Crippen LogP contribution in [0, 0.1) is 0 Å². The molecule has 1 atom stereocenters. The molecular formula is C21H28N2O6S. The Labute approximate surface area is 177 Å². The molecule has 9 heteroatoms. The lowest BCUT2D eigenvalue weighted by Crippen LogP contribution is -2.49. The molecule has 0 unspecified atom stereocenters. The minimum atomic E-state index is -3.67. The van der Waals surface area contributed by atoms with Crippen molar-refractivity contribution in [2.45, 2.75) is 25.9 Å². The minimum Gasteiger partial charge on any atom is -0.493 e. The number of hydrogen-bond donors (Lipinski definition) is 1. The number of ether oxygens (including phenoxy) is 3. The van der Waals surface area contributed by atoms with E-state index in [9.17, 15) is 13.2 Å². The lowest BCUT2D eigenvalue weighted by atomic mass is 10.1. The van der Waals surface area contributed by atoms with Gasteiger partial charge < -0.3 is 19.5 Å². The molecule has 0 radical (unpaired) electrons. The summed E-state index contributed by atoms with van der Waals surface area (Å²) in [5, 5.41) is 2.82. The van der Waals surface area contributed by atoms with Crippen LogP contribution in [0.4, 0.5) is 5.69 Å². The summed E-state index contributed by atoms with van der Waals surface area (Å²) in [5.74, 6) is 0.986. The van der Waals surface area contributed by atoms with E-state index in [4.69, 9.17) is 14.2 Å². The van der Waals surface area contributed by atoms with E-state index in [-0.39, 0.29) is 6.54 Å². The highest BCUT2D eigenvalue weighted by atomic mass is 32.2. The van der Waals surface area contributed by atoms with Gasteiger partial charge in [0.1, 0.15) is 6.04 Å². The van der Waals surface area contributed by atoms with Crippen molar-refractivity contribution < 1.29 is 27.4 Å². The van der Waals surface area contributed by atoms with Crippen molar-refractivity contribution >= 4 is 21.6 Å². The third kappa shape index (κ3) is 5.35. The number of nitrogens with zero attached hydrogens (tertiary/aromatic N) is 1. The molecule has 0 spiro atoms. The Morgan fingerprint density at radius 3 is 2.03 bits per heavy atom. The number of anilines is 1. The monoisotopic (exact) mass is 436 g/mol. The van der Waals surface area contributed by atoms with Gasteiger partial charge in [-0.1, -0.05) is 25.1 Å². The highest BCUT2D eigenvalue weighted by molar-refractivity contribution is 7.92. The first-order valence-electron chi connectivity index (χ1n) is 9.37. The maximum Gasteiger partial charge on any atom is 0.244 e. The molecular weight excluding hydrogens is 408 g/mol. The maximum absolute atomic E-state index is 12.9. The topological polar surface area (TPSA) is 94.2 Å². The van der Waals surface area contributed by atoms with Crippen molar-refractivity contribution in [2.75, 3.05) is 31.9 Å². The van der Waals surface area contributed by atoms with E-state index in [1.54, 1.807) is 49.4 Å². The maximum atomic E-state index is 12.9. The van der Waals surface area contributed by atoms with Crippen LogP contribution in [0.2, 0.25) is 0 Å². The molecule has 0 saturated heterocycles. The van der Waals surface area contributed by atoms with Crippen LogP contribution in [0.1, 0.15) is 18.9 Å². The first-order valence-corrected chi connectivity index (χ1v) is 11.2. The van der Waals surface area contributed by atoms with E-state index in [2.05, 4.69) is 5.32 Å². The highest BCUT2D eigenvalue weighted by Crippen LogP contribution is 2.38. The van der Waals surface area contributed by atoms with Crippen molar-refractivity contribution in [1.29, 1.82) is 0 Å². The molecule has 8 nitrogen and oxygen atoms in total. The Bertz CT molecular complexity index is 938. The predicted octanol–water partition coefficient (Wildman–Crippen LogP) is 2.57. The zero-order valence-corrected chi connectivity index (χ0v) is 18.7. The van der Waals surface area contributed by atoms with E-state index < -0.39 is 22.0 Å². The van der Waals surface area contributed by atoms with Crippen LogP contribution in [0.5, 0.6) is 17.2 Å². The molecule has 0 bridgehead atoms. The largest absolute Gasteiger partial charge is 0.493 e. The molecule has 30 heavy (non-hydrogen) atoms. The number of amides is 1. The van der Waals surface area contributed by atoms with Gasteiger partial charge in [-0.25, -0.2) is 8.42 Å². The number of methoxy groups -OCH3 is 3. The van der Waals surface area contributed by atoms with Crippen molar-refractivity contribution in [2.24, 2.45) is 0 Å². The second-order valence-corrected chi connectivity index (χ2v) is 8.43. The van der Waals surface area contributed by atoms with Crippen molar-refractivity contribution in [1.82, 2.24) is 5.32 Å². The fourth-order valence-electron chi connectivity index (χ4n) is 3.18. The van der Waals surface area contributed by atoms with Crippen LogP contribution >= 0.6 is 0 Å². The van der Waals surface area contributed by atoms with Gasteiger partial charge in [0.15, 0.2) is 11.5 Å². The lowest BCUT2D eigenvalue weighted by Gasteiger charge is -2.30. The van der Waals surface area contributed by atoms with E-state index >= 15 is 0 Å². The number of carbonyl (C=O) groups is 1. The molecule has 164 valence electrons. The van der Waals surface area contributed by atoms with Gasteiger partial charge >= 0.3 is 0 Å². The Morgan fingerprint density at radius 2 is 1.60 bits per heavy atom. The molecule has 2 rings (SSSR count). The van der Waals surface area contributed by atoms with Crippen LogP contribution in [-0.2, 0) is 21.4 Å². The average molecular weight is 437 g/mol. The molecule has 1 amide bonds. The Hall–Kier alpha value is -2.94. The standard InChI is InChI=1S/C21H28N2O6S/c1-6-17(23(30(5,25)26)16-10-8-7-9-11-16)21(24)22-14-15-12-18(27-2)20(29-4)19(13-15)28-3/h7-13,17H,6,14H2,1-5H3,(H,22,24)/t17-/m0/s1. The number of para-hydroxylation sites is 1. The molecule has 0 saturated carbocycles. The molecule has 2 aromatic rings. The smallest absolute Gasteiger partial charge is 0.244 e. The van der Waals surface area contributed by atoms with E-state index in [1.165, 1.54) is 21.3 Å². The fraction of sp³-hybridized carbons (Fsp3) is 0.381.